The predicted octanol–water partition coefficient (Wildman–Crippen LogP) is 3.08. The smallest absolute Gasteiger partial charge is 0.288 e. The second-order valence-corrected chi connectivity index (χ2v) is 8.80. The van der Waals surface area contributed by atoms with Gasteiger partial charge in [-0.2, -0.15) is 0 Å². The molecule has 3 heterocycles. The van der Waals surface area contributed by atoms with Gasteiger partial charge in [-0.25, -0.2) is 4.68 Å². The topological polar surface area (TPSA) is 57.8 Å². The Kier molecular flexibility index (Phi) is 6.65. The van der Waals surface area contributed by atoms with E-state index in [1.807, 2.05) is 11.0 Å². The molecule has 2 fully saturated rings. The molecule has 8 heteroatoms. The zero-order valence-corrected chi connectivity index (χ0v) is 18.8. The Hall–Kier alpha value is -2.03. The van der Waals surface area contributed by atoms with Crippen LogP contribution in [0.1, 0.15) is 30.4 Å². The summed E-state index contributed by atoms with van der Waals surface area (Å²) in [6.07, 6.45) is 3.53. The predicted molar refractivity (Wildman–Crippen MR) is 119 cm³/mol. The molecule has 0 atom stereocenters. The summed E-state index contributed by atoms with van der Waals surface area (Å²) in [7, 11) is 0. The summed E-state index contributed by atoms with van der Waals surface area (Å²) in [5.41, 5.74) is 3.40. The third-order valence-electron chi connectivity index (χ3n) is 6.23. The number of piperazine rings is 1. The number of likely N-dealkylation sites (tertiary alicyclic amines) is 1. The first-order valence-electron chi connectivity index (χ1n) is 10.9. The highest BCUT2D eigenvalue weighted by atomic mass is 32.1. The second-order valence-electron chi connectivity index (χ2n) is 8.45. The molecule has 0 aliphatic carbocycles. The molecule has 1 aromatic heterocycles. The Morgan fingerprint density at radius 1 is 1.00 bits per heavy atom. The van der Waals surface area contributed by atoms with Crippen LogP contribution in [-0.4, -0.2) is 76.2 Å². The van der Waals surface area contributed by atoms with Crippen molar-refractivity contribution in [3.05, 3.63) is 34.2 Å². The van der Waals surface area contributed by atoms with Crippen molar-refractivity contribution in [1.29, 1.82) is 0 Å². The molecule has 4 rings (SSSR count). The van der Waals surface area contributed by atoms with Crippen LogP contribution in [-0.2, 0) is 11.5 Å². The lowest BCUT2D eigenvalue weighted by atomic mass is 10.1. The van der Waals surface area contributed by atoms with E-state index in [9.17, 15) is 4.79 Å². The van der Waals surface area contributed by atoms with Gasteiger partial charge < -0.3 is 9.32 Å². The Balaban J connectivity index is 1.31. The number of piperidine rings is 1. The van der Waals surface area contributed by atoms with Gasteiger partial charge in [0.15, 0.2) is 0 Å². The van der Waals surface area contributed by atoms with Crippen LogP contribution in [0.3, 0.4) is 0 Å². The number of nitrogens with zero attached hydrogens (tertiary/aromatic N) is 5. The highest BCUT2D eigenvalue weighted by Crippen LogP contribution is 2.21. The van der Waals surface area contributed by atoms with Crippen LogP contribution in [0.4, 0.5) is 0 Å². The minimum Gasteiger partial charge on any atom is -0.409 e. The maximum Gasteiger partial charge on any atom is 0.288 e. The van der Waals surface area contributed by atoms with Crippen molar-refractivity contribution >= 4 is 18.1 Å². The molecule has 1 amide bonds. The molecule has 2 aromatic rings. The van der Waals surface area contributed by atoms with E-state index >= 15 is 0 Å². The summed E-state index contributed by atoms with van der Waals surface area (Å²) in [4.78, 5) is 19.5. The Morgan fingerprint density at radius 2 is 1.70 bits per heavy atom. The fourth-order valence-electron chi connectivity index (χ4n) is 4.10. The molecular weight excluding hydrogens is 398 g/mol. The Bertz CT molecular complexity index is 939. The normalized spacial score (nSPS) is 18.7. The summed E-state index contributed by atoms with van der Waals surface area (Å²) in [6.45, 7) is 10.7. The molecule has 2 saturated heterocycles. The van der Waals surface area contributed by atoms with Crippen LogP contribution < -0.4 is 0 Å². The molecule has 2 aliphatic heterocycles. The first kappa shape index (κ1) is 21.2. The monoisotopic (exact) mass is 429 g/mol. The van der Waals surface area contributed by atoms with Gasteiger partial charge >= 0.3 is 0 Å². The lowest BCUT2D eigenvalue weighted by Gasteiger charge is -2.35. The number of amides is 1. The number of rotatable bonds is 5. The fourth-order valence-corrected chi connectivity index (χ4v) is 4.28. The first-order chi connectivity index (χ1) is 14.5. The molecule has 2 aliphatic rings. The summed E-state index contributed by atoms with van der Waals surface area (Å²) >= 11 is 5.40. The molecular formula is C22H31N5O2S. The van der Waals surface area contributed by atoms with Crippen LogP contribution in [0.2, 0.25) is 0 Å². The van der Waals surface area contributed by atoms with Crippen molar-refractivity contribution in [3.8, 4) is 11.5 Å². The van der Waals surface area contributed by atoms with Gasteiger partial charge in [-0.15, -0.1) is 5.10 Å². The molecule has 0 N–H and O–H groups in total. The number of carbonyl (C=O) groups excluding carboxylic acids is 1. The lowest BCUT2D eigenvalue weighted by Crippen LogP contribution is -2.50. The molecule has 30 heavy (non-hydrogen) atoms. The second kappa shape index (κ2) is 9.41. The van der Waals surface area contributed by atoms with Gasteiger partial charge in [-0.05, 0) is 68.6 Å². The molecule has 0 bridgehead atoms. The van der Waals surface area contributed by atoms with Gasteiger partial charge in [0, 0.05) is 44.8 Å². The fraction of sp³-hybridized carbons (Fsp3) is 0.591. The largest absolute Gasteiger partial charge is 0.409 e. The average Bonchev–Trinajstić information content (AvgIpc) is 3.12. The number of carbonyl (C=O) groups is 1. The van der Waals surface area contributed by atoms with Crippen molar-refractivity contribution in [2.45, 2.75) is 39.8 Å². The zero-order chi connectivity index (χ0) is 21.1. The molecule has 0 unspecified atom stereocenters. The molecule has 7 nitrogen and oxygen atoms in total. The van der Waals surface area contributed by atoms with Gasteiger partial charge in [-0.1, -0.05) is 6.07 Å². The van der Waals surface area contributed by atoms with Crippen LogP contribution >= 0.6 is 12.2 Å². The van der Waals surface area contributed by atoms with Crippen molar-refractivity contribution in [1.82, 2.24) is 24.5 Å². The molecule has 162 valence electrons. The highest BCUT2D eigenvalue weighted by molar-refractivity contribution is 7.71. The van der Waals surface area contributed by atoms with Gasteiger partial charge in [0.1, 0.15) is 0 Å². The standard InChI is InChI=1S/C22H31N5O2S/c1-17-6-7-19(14-18(17)2)21-23-27(22(30)29-21)16-25-12-10-24(11-13-25)15-20(28)26-8-4-3-5-9-26/h6-7,14H,3-5,8-13,15-16H2,1-2H3. The van der Waals surface area contributed by atoms with E-state index in [1.54, 1.807) is 4.68 Å². The van der Waals surface area contributed by atoms with E-state index in [1.165, 1.54) is 17.5 Å². The summed E-state index contributed by atoms with van der Waals surface area (Å²) < 4.78 is 7.52. The van der Waals surface area contributed by atoms with Crippen molar-refractivity contribution in [3.63, 3.8) is 0 Å². The van der Waals surface area contributed by atoms with Crippen LogP contribution in [0.25, 0.3) is 11.5 Å². The minimum atomic E-state index is 0.278. The van der Waals surface area contributed by atoms with E-state index in [-0.39, 0.29) is 5.91 Å². The van der Waals surface area contributed by atoms with Gasteiger partial charge in [0.05, 0.1) is 13.2 Å². The van der Waals surface area contributed by atoms with E-state index in [0.717, 1.165) is 57.7 Å². The third-order valence-corrected chi connectivity index (χ3v) is 6.52. The molecule has 0 saturated carbocycles. The van der Waals surface area contributed by atoms with Crippen LogP contribution in [0.15, 0.2) is 22.6 Å². The quantitative estimate of drug-likeness (QED) is 0.681. The van der Waals surface area contributed by atoms with Gasteiger partial charge in [0.2, 0.25) is 11.8 Å². The van der Waals surface area contributed by atoms with E-state index < -0.39 is 0 Å². The molecule has 0 radical (unpaired) electrons. The van der Waals surface area contributed by atoms with Gasteiger partial charge in [-0.3, -0.25) is 14.6 Å². The summed E-state index contributed by atoms with van der Waals surface area (Å²) in [5.74, 6) is 0.841. The van der Waals surface area contributed by atoms with E-state index in [2.05, 4.69) is 40.9 Å². The van der Waals surface area contributed by atoms with Crippen molar-refractivity contribution in [2.75, 3.05) is 45.8 Å². The van der Waals surface area contributed by atoms with E-state index in [4.69, 9.17) is 16.6 Å². The highest BCUT2D eigenvalue weighted by Gasteiger charge is 2.23. The molecule has 0 spiro atoms. The summed E-state index contributed by atoms with van der Waals surface area (Å²) in [5, 5.41) is 4.60. The zero-order valence-electron chi connectivity index (χ0n) is 18.0. The van der Waals surface area contributed by atoms with Crippen molar-refractivity contribution < 1.29 is 9.21 Å². The van der Waals surface area contributed by atoms with Crippen LogP contribution in [0.5, 0.6) is 0 Å². The molecule has 1 aromatic carbocycles. The minimum absolute atomic E-state index is 0.278. The third kappa shape index (κ3) is 4.99. The van der Waals surface area contributed by atoms with E-state index in [0.29, 0.717) is 23.9 Å². The number of hydrogen-bond donors (Lipinski definition) is 0. The van der Waals surface area contributed by atoms with Gasteiger partial charge in [0.25, 0.3) is 4.84 Å². The summed E-state index contributed by atoms with van der Waals surface area (Å²) in [6, 6.07) is 6.18. The van der Waals surface area contributed by atoms with Crippen molar-refractivity contribution in [2.24, 2.45) is 0 Å². The van der Waals surface area contributed by atoms with Crippen LogP contribution in [0, 0.1) is 18.7 Å². The lowest BCUT2D eigenvalue weighted by molar-refractivity contribution is -0.133. The SMILES string of the molecule is Cc1ccc(-c2nn(CN3CCN(CC(=O)N4CCCCC4)CC3)c(=S)o2)cc1C. The Labute approximate surface area is 183 Å². The number of benzene rings is 1. The number of hydrogen-bond acceptors (Lipinski definition) is 6. The number of aryl methyl sites for hydroxylation is 2. The maximum absolute atomic E-state index is 12.5. The number of aromatic nitrogens is 2. The first-order valence-corrected chi connectivity index (χ1v) is 11.3. The Morgan fingerprint density at radius 3 is 2.40 bits per heavy atom. The average molecular weight is 430 g/mol. The maximum atomic E-state index is 12.5.